The lowest BCUT2D eigenvalue weighted by atomic mass is 10.1. The van der Waals surface area contributed by atoms with Crippen LogP contribution in [0.4, 0.5) is 0 Å². The Morgan fingerprint density at radius 3 is 2.67 bits per heavy atom. The van der Waals surface area contributed by atoms with E-state index in [4.69, 9.17) is 5.73 Å². The van der Waals surface area contributed by atoms with Crippen LogP contribution in [0.15, 0.2) is 24.4 Å². The van der Waals surface area contributed by atoms with E-state index in [1.807, 2.05) is 6.07 Å². The van der Waals surface area contributed by atoms with Crippen LogP contribution in [0.3, 0.4) is 0 Å². The number of carbonyl (C=O) groups is 1. The predicted octanol–water partition coefficient (Wildman–Crippen LogP) is 1.49. The molecule has 1 aromatic heterocycles. The van der Waals surface area contributed by atoms with Gasteiger partial charge in [0.15, 0.2) is 0 Å². The second-order valence-corrected chi connectivity index (χ2v) is 2.64. The number of esters is 1. The molecule has 0 saturated heterocycles. The van der Waals surface area contributed by atoms with Crippen LogP contribution in [-0.4, -0.2) is 18.1 Å². The van der Waals surface area contributed by atoms with E-state index in [0.717, 1.165) is 0 Å². The first kappa shape index (κ1) is 16.6. The molecule has 4 nitrogen and oxygen atoms in total. The summed E-state index contributed by atoms with van der Waals surface area (Å²) in [4.78, 5) is 14.9. The number of ether oxygens (including phenoxy) is 1. The topological polar surface area (TPSA) is 65.2 Å². The van der Waals surface area contributed by atoms with E-state index in [1.54, 1.807) is 18.3 Å². The summed E-state index contributed by atoms with van der Waals surface area (Å²) in [5, 5.41) is 0. The first-order valence-electron chi connectivity index (χ1n) is 3.97. The molecule has 1 rings (SSSR count). The molecule has 1 aromatic rings. The number of carbonyl (C=O) groups excluding carboxylic acids is 1. The summed E-state index contributed by atoms with van der Waals surface area (Å²) in [6, 6.07) is 5.04. The molecule has 6 heteroatoms. The number of hydrogen-bond donors (Lipinski definition) is 1. The van der Waals surface area contributed by atoms with Gasteiger partial charge in [0.1, 0.15) is 0 Å². The molecule has 0 aliphatic heterocycles. The Kier molecular flexibility index (Phi) is 9.36. The van der Waals surface area contributed by atoms with Gasteiger partial charge in [-0.15, -0.1) is 24.8 Å². The van der Waals surface area contributed by atoms with Crippen molar-refractivity contribution in [1.82, 2.24) is 4.98 Å². The van der Waals surface area contributed by atoms with Crippen LogP contribution in [0.25, 0.3) is 0 Å². The minimum Gasteiger partial charge on any atom is -0.469 e. The van der Waals surface area contributed by atoms with E-state index in [9.17, 15) is 4.79 Å². The van der Waals surface area contributed by atoms with Crippen molar-refractivity contribution >= 4 is 30.8 Å². The van der Waals surface area contributed by atoms with Crippen molar-refractivity contribution in [2.24, 2.45) is 5.73 Å². The van der Waals surface area contributed by atoms with Crippen LogP contribution in [0, 0.1) is 0 Å². The molecule has 0 aromatic carbocycles. The first-order chi connectivity index (χ1) is 6.24. The Hall–Kier alpha value is -0.840. The predicted molar refractivity (Wildman–Crippen MR) is 62.3 cm³/mol. The lowest BCUT2D eigenvalue weighted by Gasteiger charge is -2.08. The number of rotatable bonds is 3. The summed E-state index contributed by atoms with van der Waals surface area (Å²) < 4.78 is 4.50. The fourth-order valence-corrected chi connectivity index (χ4v) is 0.963. The molecule has 1 unspecified atom stereocenters. The molecular weight excluding hydrogens is 239 g/mol. The van der Waals surface area contributed by atoms with Crippen molar-refractivity contribution in [3.05, 3.63) is 30.1 Å². The molecular formula is C9H14Cl2N2O2. The monoisotopic (exact) mass is 252 g/mol. The number of hydrogen-bond acceptors (Lipinski definition) is 4. The number of pyridine rings is 1. The zero-order valence-electron chi connectivity index (χ0n) is 8.25. The molecule has 1 heterocycles. The molecule has 0 fully saturated rings. The van der Waals surface area contributed by atoms with Gasteiger partial charge in [-0.25, -0.2) is 0 Å². The average molecular weight is 253 g/mol. The van der Waals surface area contributed by atoms with E-state index in [0.29, 0.717) is 5.69 Å². The van der Waals surface area contributed by atoms with Gasteiger partial charge in [-0.1, -0.05) is 6.07 Å². The highest BCUT2D eigenvalue weighted by molar-refractivity contribution is 5.85. The molecule has 0 saturated carbocycles. The smallest absolute Gasteiger partial charge is 0.307 e. The van der Waals surface area contributed by atoms with Gasteiger partial charge in [-0.2, -0.15) is 0 Å². The minimum atomic E-state index is -0.381. The van der Waals surface area contributed by atoms with Gasteiger partial charge in [0, 0.05) is 6.20 Å². The highest BCUT2D eigenvalue weighted by Crippen LogP contribution is 2.10. The summed E-state index contributed by atoms with van der Waals surface area (Å²) in [5.74, 6) is -0.321. The molecule has 0 radical (unpaired) electrons. The van der Waals surface area contributed by atoms with Crippen molar-refractivity contribution in [2.45, 2.75) is 12.5 Å². The fourth-order valence-electron chi connectivity index (χ4n) is 0.963. The third-order valence-corrected chi connectivity index (χ3v) is 1.68. The Bertz CT molecular complexity index is 283. The normalized spacial score (nSPS) is 10.5. The van der Waals surface area contributed by atoms with Crippen molar-refractivity contribution in [3.63, 3.8) is 0 Å². The molecule has 2 N–H and O–H groups in total. The van der Waals surface area contributed by atoms with Gasteiger partial charge in [-0.3, -0.25) is 9.78 Å². The average Bonchev–Trinajstić information content (AvgIpc) is 2.19. The standard InChI is InChI=1S/C9H12N2O2.2ClH/c1-13-9(12)6-7(10)8-4-2-3-5-11-8;;/h2-5,7H,6,10H2,1H3;2*1H. The molecule has 0 spiro atoms. The van der Waals surface area contributed by atoms with Crippen molar-refractivity contribution in [1.29, 1.82) is 0 Å². The molecule has 0 amide bonds. The van der Waals surface area contributed by atoms with E-state index < -0.39 is 0 Å². The molecule has 0 bridgehead atoms. The summed E-state index contributed by atoms with van der Waals surface area (Å²) in [6.07, 6.45) is 1.81. The maximum Gasteiger partial charge on any atom is 0.307 e. The van der Waals surface area contributed by atoms with Gasteiger partial charge in [-0.05, 0) is 12.1 Å². The maximum absolute atomic E-state index is 10.9. The lowest BCUT2D eigenvalue weighted by Crippen LogP contribution is -2.17. The number of aromatic nitrogens is 1. The molecule has 15 heavy (non-hydrogen) atoms. The maximum atomic E-state index is 10.9. The number of nitrogens with two attached hydrogens (primary N) is 1. The molecule has 1 atom stereocenters. The van der Waals surface area contributed by atoms with Crippen molar-refractivity contribution in [3.8, 4) is 0 Å². The van der Waals surface area contributed by atoms with Crippen molar-refractivity contribution in [2.75, 3.05) is 7.11 Å². The molecule has 0 aliphatic rings. The minimum absolute atomic E-state index is 0. The third kappa shape index (κ3) is 5.57. The van der Waals surface area contributed by atoms with Crippen molar-refractivity contribution < 1.29 is 9.53 Å². The highest BCUT2D eigenvalue weighted by Gasteiger charge is 2.11. The molecule has 86 valence electrons. The van der Waals surface area contributed by atoms with Crippen LogP contribution in [0.1, 0.15) is 18.2 Å². The quantitative estimate of drug-likeness (QED) is 0.829. The number of nitrogens with zero attached hydrogens (tertiary/aromatic N) is 1. The van der Waals surface area contributed by atoms with E-state index >= 15 is 0 Å². The van der Waals surface area contributed by atoms with E-state index in [-0.39, 0.29) is 43.2 Å². The van der Waals surface area contributed by atoms with Gasteiger partial charge < -0.3 is 10.5 Å². The second kappa shape index (κ2) is 8.47. The zero-order chi connectivity index (χ0) is 9.68. The van der Waals surface area contributed by atoms with E-state index in [1.165, 1.54) is 7.11 Å². The SMILES string of the molecule is COC(=O)CC(N)c1ccccn1.Cl.Cl. The summed E-state index contributed by atoms with van der Waals surface area (Å²) in [7, 11) is 1.34. The second-order valence-electron chi connectivity index (χ2n) is 2.64. The fraction of sp³-hybridized carbons (Fsp3) is 0.333. The first-order valence-corrected chi connectivity index (χ1v) is 3.97. The largest absolute Gasteiger partial charge is 0.469 e. The van der Waals surface area contributed by atoms with Crippen LogP contribution in [0.5, 0.6) is 0 Å². The highest BCUT2D eigenvalue weighted by atomic mass is 35.5. The Morgan fingerprint density at radius 2 is 2.20 bits per heavy atom. The van der Waals surface area contributed by atoms with Crippen LogP contribution < -0.4 is 5.73 Å². The Morgan fingerprint density at radius 1 is 1.53 bits per heavy atom. The summed E-state index contributed by atoms with van der Waals surface area (Å²) in [5.41, 5.74) is 6.41. The molecule has 0 aliphatic carbocycles. The van der Waals surface area contributed by atoms with E-state index in [2.05, 4.69) is 9.72 Å². The summed E-state index contributed by atoms with van der Waals surface area (Å²) in [6.45, 7) is 0. The van der Waals surface area contributed by atoms with Gasteiger partial charge in [0.05, 0.1) is 25.3 Å². The Balaban J connectivity index is 0. The lowest BCUT2D eigenvalue weighted by molar-refractivity contribution is -0.141. The van der Waals surface area contributed by atoms with Gasteiger partial charge in [0.2, 0.25) is 0 Å². The van der Waals surface area contributed by atoms with Gasteiger partial charge in [0.25, 0.3) is 0 Å². The van der Waals surface area contributed by atoms with Crippen LogP contribution in [-0.2, 0) is 9.53 Å². The van der Waals surface area contributed by atoms with Gasteiger partial charge >= 0.3 is 5.97 Å². The third-order valence-electron chi connectivity index (χ3n) is 1.68. The Labute approximate surface area is 101 Å². The van der Waals surface area contributed by atoms with Crippen LogP contribution >= 0.6 is 24.8 Å². The zero-order valence-corrected chi connectivity index (χ0v) is 9.88. The summed E-state index contributed by atoms with van der Waals surface area (Å²) >= 11 is 0. The number of halogens is 2. The number of methoxy groups -OCH3 is 1. The van der Waals surface area contributed by atoms with Crippen LogP contribution in [0.2, 0.25) is 0 Å².